The van der Waals surface area contributed by atoms with Gasteiger partial charge in [0.2, 0.25) is 0 Å². The van der Waals surface area contributed by atoms with Crippen LogP contribution in [0.5, 0.6) is 0 Å². The van der Waals surface area contributed by atoms with Gasteiger partial charge in [0, 0.05) is 31.3 Å². The van der Waals surface area contributed by atoms with Gasteiger partial charge in [-0.2, -0.15) is 0 Å². The van der Waals surface area contributed by atoms with Crippen molar-refractivity contribution in [1.29, 1.82) is 0 Å². The summed E-state index contributed by atoms with van der Waals surface area (Å²) >= 11 is 6.29. The second-order valence-electron chi connectivity index (χ2n) is 4.92. The molecule has 0 saturated carbocycles. The summed E-state index contributed by atoms with van der Waals surface area (Å²) in [7, 11) is 1.75. The van der Waals surface area contributed by atoms with Crippen molar-refractivity contribution in [2.75, 3.05) is 20.3 Å². The maximum atomic E-state index is 6.29. The predicted molar refractivity (Wildman–Crippen MR) is 78.4 cm³/mol. The molecule has 0 aliphatic rings. The second kappa shape index (κ2) is 8.52. The lowest BCUT2D eigenvalue weighted by atomic mass is 9.94. The van der Waals surface area contributed by atoms with E-state index in [0.29, 0.717) is 12.0 Å². The van der Waals surface area contributed by atoms with E-state index < -0.39 is 0 Å². The number of hydrogen-bond acceptors (Lipinski definition) is 2. The zero-order valence-corrected chi connectivity index (χ0v) is 12.3. The Hall–Kier alpha value is -0.570. The fraction of sp³-hybridized carbons (Fsp3) is 0.600. The average molecular weight is 270 g/mol. The largest absolute Gasteiger partial charge is 0.385 e. The van der Waals surface area contributed by atoms with E-state index in [2.05, 4.69) is 31.3 Å². The SMILES string of the molecule is COCCCC(CNC(C)C)c1ccccc1Cl. The number of halogens is 1. The van der Waals surface area contributed by atoms with E-state index in [1.165, 1.54) is 5.56 Å². The Morgan fingerprint density at radius 3 is 2.61 bits per heavy atom. The first-order valence-electron chi connectivity index (χ1n) is 6.62. The molecule has 0 saturated heterocycles. The first-order chi connectivity index (χ1) is 8.65. The van der Waals surface area contributed by atoms with Gasteiger partial charge in [-0.3, -0.25) is 0 Å². The van der Waals surface area contributed by atoms with Crippen LogP contribution in [-0.4, -0.2) is 26.3 Å². The molecule has 2 nitrogen and oxygen atoms in total. The molecule has 0 heterocycles. The Morgan fingerprint density at radius 2 is 2.00 bits per heavy atom. The number of nitrogens with one attached hydrogen (secondary N) is 1. The van der Waals surface area contributed by atoms with Gasteiger partial charge in [-0.15, -0.1) is 0 Å². The van der Waals surface area contributed by atoms with Gasteiger partial charge < -0.3 is 10.1 Å². The molecule has 1 N–H and O–H groups in total. The molecule has 102 valence electrons. The van der Waals surface area contributed by atoms with E-state index in [-0.39, 0.29) is 0 Å². The normalized spacial score (nSPS) is 12.9. The van der Waals surface area contributed by atoms with Crippen molar-refractivity contribution in [3.8, 4) is 0 Å². The zero-order valence-electron chi connectivity index (χ0n) is 11.6. The first-order valence-corrected chi connectivity index (χ1v) is 6.99. The first kappa shape index (κ1) is 15.5. The summed E-state index contributed by atoms with van der Waals surface area (Å²) in [6.45, 7) is 6.10. The molecule has 0 fully saturated rings. The summed E-state index contributed by atoms with van der Waals surface area (Å²) in [6, 6.07) is 8.63. The molecule has 1 atom stereocenters. The van der Waals surface area contributed by atoms with E-state index in [1.807, 2.05) is 12.1 Å². The fourth-order valence-electron chi connectivity index (χ4n) is 2.03. The van der Waals surface area contributed by atoms with Crippen LogP contribution >= 0.6 is 11.6 Å². The third-order valence-electron chi connectivity index (χ3n) is 3.02. The Labute approximate surface area is 116 Å². The van der Waals surface area contributed by atoms with Crippen molar-refractivity contribution < 1.29 is 4.74 Å². The average Bonchev–Trinajstić information content (AvgIpc) is 2.34. The van der Waals surface area contributed by atoms with Crippen LogP contribution in [-0.2, 0) is 4.74 Å². The molecular formula is C15H24ClNO. The van der Waals surface area contributed by atoms with Gasteiger partial charge in [0.1, 0.15) is 0 Å². The third-order valence-corrected chi connectivity index (χ3v) is 3.36. The summed E-state index contributed by atoms with van der Waals surface area (Å²) in [6.07, 6.45) is 2.16. The highest BCUT2D eigenvalue weighted by Crippen LogP contribution is 2.27. The quantitative estimate of drug-likeness (QED) is 0.724. The minimum absolute atomic E-state index is 0.455. The zero-order chi connectivity index (χ0) is 13.4. The van der Waals surface area contributed by atoms with Crippen LogP contribution in [0.25, 0.3) is 0 Å². The molecule has 1 aromatic carbocycles. The predicted octanol–water partition coefficient (Wildman–Crippen LogP) is 3.85. The topological polar surface area (TPSA) is 21.3 Å². The number of hydrogen-bond donors (Lipinski definition) is 1. The van der Waals surface area contributed by atoms with Gasteiger partial charge in [0.05, 0.1) is 0 Å². The number of ether oxygens (including phenoxy) is 1. The highest BCUT2D eigenvalue weighted by atomic mass is 35.5. The van der Waals surface area contributed by atoms with Crippen molar-refractivity contribution in [3.05, 3.63) is 34.9 Å². The van der Waals surface area contributed by atoms with E-state index >= 15 is 0 Å². The van der Waals surface area contributed by atoms with Crippen molar-refractivity contribution in [3.63, 3.8) is 0 Å². The summed E-state index contributed by atoms with van der Waals surface area (Å²) in [4.78, 5) is 0. The van der Waals surface area contributed by atoms with Gasteiger partial charge in [0.25, 0.3) is 0 Å². The molecule has 3 heteroatoms. The van der Waals surface area contributed by atoms with Crippen molar-refractivity contribution in [1.82, 2.24) is 5.32 Å². The number of methoxy groups -OCH3 is 1. The van der Waals surface area contributed by atoms with Gasteiger partial charge >= 0.3 is 0 Å². The van der Waals surface area contributed by atoms with Gasteiger partial charge in [-0.1, -0.05) is 43.6 Å². The van der Waals surface area contributed by atoms with Crippen molar-refractivity contribution in [2.45, 2.75) is 38.6 Å². The van der Waals surface area contributed by atoms with Crippen molar-refractivity contribution >= 4 is 11.6 Å². The van der Waals surface area contributed by atoms with Crippen LogP contribution in [0.3, 0.4) is 0 Å². The van der Waals surface area contributed by atoms with Crippen LogP contribution in [0.1, 0.15) is 38.2 Å². The summed E-state index contributed by atoms with van der Waals surface area (Å²) in [5, 5.41) is 4.36. The van der Waals surface area contributed by atoms with Crippen LogP contribution in [0.2, 0.25) is 5.02 Å². The lowest BCUT2D eigenvalue weighted by Crippen LogP contribution is -2.28. The molecule has 0 aliphatic carbocycles. The maximum Gasteiger partial charge on any atom is 0.0462 e. The minimum Gasteiger partial charge on any atom is -0.385 e. The highest BCUT2D eigenvalue weighted by molar-refractivity contribution is 6.31. The van der Waals surface area contributed by atoms with Gasteiger partial charge in [-0.05, 0) is 30.4 Å². The van der Waals surface area contributed by atoms with E-state index in [1.54, 1.807) is 7.11 Å². The number of benzene rings is 1. The molecule has 1 aromatic rings. The molecule has 0 radical (unpaired) electrons. The fourth-order valence-corrected chi connectivity index (χ4v) is 2.32. The Bertz CT molecular complexity index is 341. The van der Waals surface area contributed by atoms with E-state index in [4.69, 9.17) is 16.3 Å². The highest BCUT2D eigenvalue weighted by Gasteiger charge is 2.14. The van der Waals surface area contributed by atoms with Crippen LogP contribution in [0, 0.1) is 0 Å². The maximum absolute atomic E-state index is 6.29. The Balaban J connectivity index is 2.66. The van der Waals surface area contributed by atoms with E-state index in [0.717, 1.165) is 31.0 Å². The lowest BCUT2D eigenvalue weighted by molar-refractivity contribution is 0.190. The molecule has 18 heavy (non-hydrogen) atoms. The smallest absolute Gasteiger partial charge is 0.0462 e. The molecule has 1 rings (SSSR count). The Morgan fingerprint density at radius 1 is 1.28 bits per heavy atom. The Kier molecular flexibility index (Phi) is 7.33. The molecule has 1 unspecified atom stereocenters. The molecule has 0 aromatic heterocycles. The van der Waals surface area contributed by atoms with Crippen LogP contribution in [0.15, 0.2) is 24.3 Å². The summed E-state index contributed by atoms with van der Waals surface area (Å²) in [5.41, 5.74) is 1.24. The lowest BCUT2D eigenvalue weighted by Gasteiger charge is -2.20. The van der Waals surface area contributed by atoms with Crippen molar-refractivity contribution in [2.24, 2.45) is 0 Å². The summed E-state index contributed by atoms with van der Waals surface area (Å²) < 4.78 is 5.13. The van der Waals surface area contributed by atoms with E-state index in [9.17, 15) is 0 Å². The number of rotatable bonds is 8. The van der Waals surface area contributed by atoms with Gasteiger partial charge in [-0.25, -0.2) is 0 Å². The van der Waals surface area contributed by atoms with Gasteiger partial charge in [0.15, 0.2) is 0 Å². The monoisotopic (exact) mass is 269 g/mol. The molecular weight excluding hydrogens is 246 g/mol. The molecule has 0 amide bonds. The molecule has 0 aliphatic heterocycles. The standard InChI is InChI=1S/C15H24ClNO/c1-12(2)17-11-13(7-6-10-18-3)14-8-4-5-9-15(14)16/h4-5,8-9,12-13,17H,6-7,10-11H2,1-3H3. The van der Waals surface area contributed by atoms with Crippen LogP contribution in [0.4, 0.5) is 0 Å². The van der Waals surface area contributed by atoms with Crippen LogP contribution < -0.4 is 5.32 Å². The minimum atomic E-state index is 0.455. The second-order valence-corrected chi connectivity index (χ2v) is 5.32. The molecule has 0 spiro atoms. The molecule has 0 bridgehead atoms. The third kappa shape index (κ3) is 5.38. The summed E-state index contributed by atoms with van der Waals surface area (Å²) in [5.74, 6) is 0.455.